The Morgan fingerprint density at radius 2 is 1.77 bits per heavy atom. The standard InChI is InChI=1S/C20H20N4O2/c1-15-6-2-4-8-17(15)20(26)10-11-23(12-20)19(25)16-7-3-5-9-18(16)24-13-21-22-14-24/h2-9,13-14,26H,10-12H2,1H3. The molecule has 6 heteroatoms. The summed E-state index contributed by atoms with van der Waals surface area (Å²) < 4.78 is 1.72. The fourth-order valence-corrected chi connectivity index (χ4v) is 3.66. The number of rotatable bonds is 3. The lowest BCUT2D eigenvalue weighted by Crippen LogP contribution is -2.35. The summed E-state index contributed by atoms with van der Waals surface area (Å²) in [6.45, 7) is 2.78. The van der Waals surface area contributed by atoms with Gasteiger partial charge >= 0.3 is 0 Å². The van der Waals surface area contributed by atoms with Gasteiger partial charge in [0.05, 0.1) is 17.8 Å². The molecule has 3 aromatic rings. The number of amides is 1. The molecule has 1 aromatic heterocycles. The number of aromatic nitrogens is 3. The van der Waals surface area contributed by atoms with Crippen LogP contribution in [0.15, 0.2) is 61.2 Å². The number of para-hydroxylation sites is 1. The molecule has 26 heavy (non-hydrogen) atoms. The van der Waals surface area contributed by atoms with E-state index in [1.54, 1.807) is 28.2 Å². The third-order valence-corrected chi connectivity index (χ3v) is 5.01. The summed E-state index contributed by atoms with van der Waals surface area (Å²) in [7, 11) is 0. The smallest absolute Gasteiger partial charge is 0.256 e. The van der Waals surface area contributed by atoms with Crippen LogP contribution in [-0.4, -0.2) is 43.8 Å². The maximum atomic E-state index is 13.1. The van der Waals surface area contributed by atoms with Crippen LogP contribution in [0.5, 0.6) is 0 Å². The quantitative estimate of drug-likeness (QED) is 0.788. The highest BCUT2D eigenvalue weighted by atomic mass is 16.3. The van der Waals surface area contributed by atoms with E-state index in [4.69, 9.17) is 0 Å². The summed E-state index contributed by atoms with van der Waals surface area (Å²) in [4.78, 5) is 14.8. The van der Waals surface area contributed by atoms with E-state index >= 15 is 0 Å². The molecule has 1 aliphatic heterocycles. The van der Waals surface area contributed by atoms with E-state index < -0.39 is 5.60 Å². The van der Waals surface area contributed by atoms with Crippen LogP contribution in [0.1, 0.15) is 27.9 Å². The van der Waals surface area contributed by atoms with Crippen molar-refractivity contribution in [2.45, 2.75) is 18.9 Å². The number of aryl methyl sites for hydroxylation is 1. The molecule has 132 valence electrons. The van der Waals surface area contributed by atoms with E-state index in [2.05, 4.69) is 10.2 Å². The fraction of sp³-hybridized carbons (Fsp3) is 0.250. The minimum Gasteiger partial charge on any atom is -0.383 e. The van der Waals surface area contributed by atoms with Crippen LogP contribution in [0.3, 0.4) is 0 Å². The van der Waals surface area contributed by atoms with Crippen molar-refractivity contribution < 1.29 is 9.90 Å². The molecule has 1 atom stereocenters. The molecule has 4 rings (SSSR count). The Morgan fingerprint density at radius 1 is 1.08 bits per heavy atom. The average Bonchev–Trinajstić information content (AvgIpc) is 3.32. The summed E-state index contributed by atoms with van der Waals surface area (Å²) in [5.74, 6) is -0.0983. The van der Waals surface area contributed by atoms with Crippen molar-refractivity contribution in [3.63, 3.8) is 0 Å². The second-order valence-corrected chi connectivity index (χ2v) is 6.71. The van der Waals surface area contributed by atoms with Crippen LogP contribution in [0.2, 0.25) is 0 Å². The molecule has 2 aromatic carbocycles. The Bertz CT molecular complexity index is 938. The molecule has 0 bridgehead atoms. The molecule has 0 spiro atoms. The van der Waals surface area contributed by atoms with Crippen molar-refractivity contribution in [3.05, 3.63) is 77.9 Å². The Hall–Kier alpha value is -2.99. The topological polar surface area (TPSA) is 71.2 Å². The Kier molecular flexibility index (Phi) is 4.05. The predicted molar refractivity (Wildman–Crippen MR) is 97.0 cm³/mol. The second-order valence-electron chi connectivity index (χ2n) is 6.71. The van der Waals surface area contributed by atoms with Gasteiger partial charge in [-0.3, -0.25) is 9.36 Å². The van der Waals surface area contributed by atoms with Gasteiger partial charge in [-0.2, -0.15) is 0 Å². The lowest BCUT2D eigenvalue weighted by molar-refractivity contribution is 0.0412. The van der Waals surface area contributed by atoms with Crippen molar-refractivity contribution in [2.24, 2.45) is 0 Å². The summed E-state index contributed by atoms with van der Waals surface area (Å²) in [5.41, 5.74) is 2.22. The van der Waals surface area contributed by atoms with Crippen molar-refractivity contribution >= 4 is 5.91 Å². The molecule has 0 saturated carbocycles. The summed E-state index contributed by atoms with van der Waals surface area (Å²) in [6.07, 6.45) is 3.66. The first-order valence-corrected chi connectivity index (χ1v) is 8.60. The number of carbonyl (C=O) groups is 1. The van der Waals surface area contributed by atoms with Gasteiger partial charge in [0, 0.05) is 6.54 Å². The minimum absolute atomic E-state index is 0.0983. The number of carbonyl (C=O) groups excluding carboxylic acids is 1. The van der Waals surface area contributed by atoms with Crippen LogP contribution in [-0.2, 0) is 5.60 Å². The highest BCUT2D eigenvalue weighted by Crippen LogP contribution is 2.34. The molecule has 1 amide bonds. The first-order chi connectivity index (χ1) is 12.6. The molecule has 1 N–H and O–H groups in total. The van der Waals surface area contributed by atoms with E-state index in [1.807, 2.05) is 49.4 Å². The van der Waals surface area contributed by atoms with E-state index in [1.165, 1.54) is 0 Å². The maximum absolute atomic E-state index is 13.1. The number of β-amino-alcohol motifs (C(OH)–C–C–N with tert-alkyl or cyclic N) is 1. The van der Waals surface area contributed by atoms with Gasteiger partial charge in [0.1, 0.15) is 18.3 Å². The average molecular weight is 348 g/mol. The number of benzene rings is 2. The molecule has 0 aliphatic carbocycles. The zero-order valence-electron chi connectivity index (χ0n) is 14.5. The van der Waals surface area contributed by atoms with Crippen LogP contribution in [0.25, 0.3) is 5.69 Å². The van der Waals surface area contributed by atoms with Gasteiger partial charge < -0.3 is 10.0 Å². The van der Waals surface area contributed by atoms with E-state index in [0.717, 1.165) is 16.8 Å². The van der Waals surface area contributed by atoms with Crippen LogP contribution in [0, 0.1) is 6.92 Å². The molecule has 1 saturated heterocycles. The van der Waals surface area contributed by atoms with E-state index in [9.17, 15) is 9.90 Å². The molecular weight excluding hydrogens is 328 g/mol. The highest BCUT2D eigenvalue weighted by molar-refractivity contribution is 5.98. The van der Waals surface area contributed by atoms with Crippen molar-refractivity contribution in [1.29, 1.82) is 0 Å². The predicted octanol–water partition coefficient (Wildman–Crippen LogP) is 2.31. The zero-order valence-corrected chi connectivity index (χ0v) is 14.5. The summed E-state index contributed by atoms with van der Waals surface area (Å²) in [5, 5.41) is 18.8. The fourth-order valence-electron chi connectivity index (χ4n) is 3.66. The largest absolute Gasteiger partial charge is 0.383 e. The van der Waals surface area contributed by atoms with Crippen molar-refractivity contribution in [1.82, 2.24) is 19.7 Å². The summed E-state index contributed by atoms with van der Waals surface area (Å²) >= 11 is 0. The minimum atomic E-state index is -1.01. The number of nitrogens with zero attached hydrogens (tertiary/aromatic N) is 4. The Morgan fingerprint density at radius 3 is 2.54 bits per heavy atom. The Balaban J connectivity index is 1.63. The monoisotopic (exact) mass is 348 g/mol. The molecular formula is C20H20N4O2. The Labute approximate surface area is 151 Å². The van der Waals surface area contributed by atoms with Gasteiger partial charge in [-0.1, -0.05) is 36.4 Å². The molecule has 1 unspecified atom stereocenters. The normalized spacial score (nSPS) is 19.7. The number of hydrogen-bond acceptors (Lipinski definition) is 4. The number of aliphatic hydroxyl groups is 1. The van der Waals surface area contributed by atoms with Gasteiger partial charge in [-0.25, -0.2) is 0 Å². The van der Waals surface area contributed by atoms with Crippen LogP contribution >= 0.6 is 0 Å². The lowest BCUT2D eigenvalue weighted by atomic mass is 9.89. The summed E-state index contributed by atoms with van der Waals surface area (Å²) in [6, 6.07) is 15.2. The van der Waals surface area contributed by atoms with Gasteiger partial charge in [-0.05, 0) is 36.6 Å². The van der Waals surface area contributed by atoms with Gasteiger partial charge in [0.25, 0.3) is 5.91 Å². The first-order valence-electron chi connectivity index (χ1n) is 8.60. The third-order valence-electron chi connectivity index (χ3n) is 5.01. The molecule has 1 aliphatic rings. The molecule has 0 radical (unpaired) electrons. The molecule has 6 nitrogen and oxygen atoms in total. The zero-order chi connectivity index (χ0) is 18.1. The number of hydrogen-bond donors (Lipinski definition) is 1. The number of likely N-dealkylation sites (tertiary alicyclic amines) is 1. The molecule has 1 fully saturated rings. The van der Waals surface area contributed by atoms with E-state index in [-0.39, 0.29) is 12.5 Å². The van der Waals surface area contributed by atoms with Gasteiger partial charge in [-0.15, -0.1) is 10.2 Å². The SMILES string of the molecule is Cc1ccccc1C1(O)CCN(C(=O)c2ccccc2-n2cnnc2)C1. The van der Waals surface area contributed by atoms with Crippen LogP contribution < -0.4 is 0 Å². The van der Waals surface area contributed by atoms with Crippen LogP contribution in [0.4, 0.5) is 0 Å². The maximum Gasteiger partial charge on any atom is 0.256 e. The first kappa shape index (κ1) is 16.5. The van der Waals surface area contributed by atoms with Gasteiger partial charge in [0.15, 0.2) is 0 Å². The van der Waals surface area contributed by atoms with Crippen molar-refractivity contribution in [2.75, 3.05) is 13.1 Å². The van der Waals surface area contributed by atoms with Gasteiger partial charge in [0.2, 0.25) is 0 Å². The second kappa shape index (κ2) is 6.38. The highest BCUT2D eigenvalue weighted by Gasteiger charge is 2.40. The molecule has 2 heterocycles. The lowest BCUT2D eigenvalue weighted by Gasteiger charge is -2.26. The van der Waals surface area contributed by atoms with Crippen molar-refractivity contribution in [3.8, 4) is 5.69 Å². The third kappa shape index (κ3) is 2.78. The van der Waals surface area contributed by atoms with E-state index in [0.29, 0.717) is 18.5 Å².